The van der Waals surface area contributed by atoms with Gasteiger partial charge in [-0.1, -0.05) is 13.8 Å². The van der Waals surface area contributed by atoms with Crippen LogP contribution in [0.4, 0.5) is 5.82 Å². The average Bonchev–Trinajstić information content (AvgIpc) is 2.33. The molecule has 17 heavy (non-hydrogen) atoms. The molecule has 1 heterocycles. The summed E-state index contributed by atoms with van der Waals surface area (Å²) in [6.45, 7) is 10.6. The van der Waals surface area contributed by atoms with E-state index in [-0.39, 0.29) is 0 Å². The second-order valence-electron chi connectivity index (χ2n) is 3.98. The summed E-state index contributed by atoms with van der Waals surface area (Å²) in [5, 5.41) is 3.59. The molecule has 0 aliphatic carbocycles. The third-order valence-electron chi connectivity index (χ3n) is 2.78. The van der Waals surface area contributed by atoms with Crippen LogP contribution in [0, 0.1) is 6.92 Å². The number of rotatable bonds is 7. The Morgan fingerprint density at radius 1 is 1.35 bits per heavy atom. The Hall–Kier alpha value is -0.870. The van der Waals surface area contributed by atoms with Crippen LogP contribution in [-0.2, 0) is 0 Å². The Labute approximate surface area is 108 Å². The van der Waals surface area contributed by atoms with Crippen LogP contribution in [0.5, 0.6) is 0 Å². The summed E-state index contributed by atoms with van der Waals surface area (Å²) in [5.41, 5.74) is 1.03. The van der Waals surface area contributed by atoms with E-state index in [0.29, 0.717) is 5.28 Å². The van der Waals surface area contributed by atoms with Crippen molar-refractivity contribution in [3.05, 3.63) is 17.0 Å². The molecule has 0 aliphatic rings. The summed E-state index contributed by atoms with van der Waals surface area (Å²) in [4.78, 5) is 10.5. The van der Waals surface area contributed by atoms with Gasteiger partial charge in [0.05, 0.1) is 0 Å². The van der Waals surface area contributed by atoms with Gasteiger partial charge in [-0.05, 0) is 44.6 Å². The molecule has 0 atom stereocenters. The molecule has 0 unspecified atom stereocenters. The molecule has 0 spiro atoms. The fourth-order valence-electron chi connectivity index (χ4n) is 1.65. The molecule has 0 bridgehead atoms. The highest BCUT2D eigenvalue weighted by molar-refractivity contribution is 6.28. The molecule has 1 N–H and O–H groups in total. The quantitative estimate of drug-likeness (QED) is 0.601. The van der Waals surface area contributed by atoms with E-state index in [1.54, 1.807) is 6.20 Å². The normalized spacial score (nSPS) is 10.9. The van der Waals surface area contributed by atoms with Crippen molar-refractivity contribution in [1.82, 2.24) is 14.9 Å². The number of nitrogens with zero attached hydrogens (tertiary/aromatic N) is 3. The van der Waals surface area contributed by atoms with E-state index in [1.165, 1.54) is 0 Å². The van der Waals surface area contributed by atoms with Gasteiger partial charge in [0.1, 0.15) is 5.82 Å². The summed E-state index contributed by atoms with van der Waals surface area (Å²) in [6, 6.07) is 0. The van der Waals surface area contributed by atoms with Gasteiger partial charge in [0, 0.05) is 18.3 Å². The lowest BCUT2D eigenvalue weighted by molar-refractivity contribution is 0.303. The first-order valence-corrected chi connectivity index (χ1v) is 6.50. The van der Waals surface area contributed by atoms with E-state index in [2.05, 4.69) is 34.0 Å². The summed E-state index contributed by atoms with van der Waals surface area (Å²) in [5.74, 6) is 0.838. The maximum atomic E-state index is 5.75. The summed E-state index contributed by atoms with van der Waals surface area (Å²) in [7, 11) is 0. The van der Waals surface area contributed by atoms with Crippen molar-refractivity contribution in [2.75, 3.05) is 31.5 Å². The molecule has 0 radical (unpaired) electrons. The Morgan fingerprint density at radius 2 is 2.06 bits per heavy atom. The number of hydrogen-bond acceptors (Lipinski definition) is 4. The second kappa shape index (κ2) is 7.45. The number of nitrogens with one attached hydrogen (secondary N) is 1. The van der Waals surface area contributed by atoms with Gasteiger partial charge in [-0.2, -0.15) is 0 Å². The zero-order valence-electron chi connectivity index (χ0n) is 10.8. The van der Waals surface area contributed by atoms with Crippen molar-refractivity contribution in [3.63, 3.8) is 0 Å². The van der Waals surface area contributed by atoms with E-state index < -0.39 is 0 Å². The standard InChI is InChI=1S/C12H21ClN4/c1-4-17(5-2)8-6-7-14-11-10(3)9-15-12(13)16-11/h9H,4-8H2,1-3H3,(H,14,15,16). The third-order valence-corrected chi connectivity index (χ3v) is 2.96. The maximum Gasteiger partial charge on any atom is 0.224 e. The fourth-order valence-corrected chi connectivity index (χ4v) is 1.78. The van der Waals surface area contributed by atoms with Crippen LogP contribution in [0.15, 0.2) is 6.20 Å². The van der Waals surface area contributed by atoms with Gasteiger partial charge in [0.15, 0.2) is 0 Å². The Balaban J connectivity index is 2.33. The van der Waals surface area contributed by atoms with E-state index in [0.717, 1.165) is 44.0 Å². The molecule has 0 saturated carbocycles. The zero-order valence-corrected chi connectivity index (χ0v) is 11.6. The first kappa shape index (κ1) is 14.2. The van der Waals surface area contributed by atoms with E-state index in [1.807, 2.05) is 6.92 Å². The molecule has 4 nitrogen and oxygen atoms in total. The van der Waals surface area contributed by atoms with Crippen LogP contribution >= 0.6 is 11.6 Å². The van der Waals surface area contributed by atoms with Gasteiger partial charge in [-0.25, -0.2) is 9.97 Å². The van der Waals surface area contributed by atoms with Gasteiger partial charge >= 0.3 is 0 Å². The number of aryl methyl sites for hydroxylation is 1. The van der Waals surface area contributed by atoms with E-state index in [9.17, 15) is 0 Å². The molecular weight excluding hydrogens is 236 g/mol. The van der Waals surface area contributed by atoms with Crippen LogP contribution in [0.1, 0.15) is 25.8 Å². The topological polar surface area (TPSA) is 41.0 Å². The predicted molar refractivity (Wildman–Crippen MR) is 72.7 cm³/mol. The molecule has 1 rings (SSSR count). The molecular formula is C12H21ClN4. The number of aromatic nitrogens is 2. The molecule has 0 aliphatic heterocycles. The Bertz CT molecular complexity index is 339. The van der Waals surface area contributed by atoms with Crippen LogP contribution in [0.25, 0.3) is 0 Å². The fraction of sp³-hybridized carbons (Fsp3) is 0.667. The predicted octanol–water partition coefficient (Wildman–Crippen LogP) is 2.58. The van der Waals surface area contributed by atoms with Crippen molar-refractivity contribution in [2.24, 2.45) is 0 Å². The highest BCUT2D eigenvalue weighted by atomic mass is 35.5. The lowest BCUT2D eigenvalue weighted by atomic mass is 10.3. The van der Waals surface area contributed by atoms with Crippen molar-refractivity contribution < 1.29 is 0 Å². The van der Waals surface area contributed by atoms with Crippen molar-refractivity contribution >= 4 is 17.4 Å². The highest BCUT2D eigenvalue weighted by Gasteiger charge is 2.02. The van der Waals surface area contributed by atoms with E-state index >= 15 is 0 Å². The van der Waals surface area contributed by atoms with Crippen LogP contribution < -0.4 is 5.32 Å². The maximum absolute atomic E-state index is 5.75. The number of halogens is 1. The zero-order chi connectivity index (χ0) is 12.7. The molecule has 96 valence electrons. The molecule has 1 aromatic rings. The Kier molecular flexibility index (Phi) is 6.22. The molecule has 0 saturated heterocycles. The highest BCUT2D eigenvalue weighted by Crippen LogP contribution is 2.12. The molecule has 0 fully saturated rings. The summed E-state index contributed by atoms with van der Waals surface area (Å²) >= 11 is 5.75. The summed E-state index contributed by atoms with van der Waals surface area (Å²) in [6.07, 6.45) is 2.84. The second-order valence-corrected chi connectivity index (χ2v) is 4.32. The van der Waals surface area contributed by atoms with Gasteiger partial charge in [-0.3, -0.25) is 0 Å². The molecule has 5 heteroatoms. The first-order chi connectivity index (χ1) is 8.17. The SMILES string of the molecule is CCN(CC)CCCNc1nc(Cl)ncc1C. The van der Waals surface area contributed by atoms with Gasteiger partial charge < -0.3 is 10.2 Å². The Morgan fingerprint density at radius 3 is 2.71 bits per heavy atom. The minimum atomic E-state index is 0.293. The van der Waals surface area contributed by atoms with Gasteiger partial charge in [0.2, 0.25) is 5.28 Å². The van der Waals surface area contributed by atoms with E-state index in [4.69, 9.17) is 11.6 Å². The number of anilines is 1. The molecule has 0 amide bonds. The van der Waals surface area contributed by atoms with Crippen LogP contribution in [-0.4, -0.2) is 41.0 Å². The summed E-state index contributed by atoms with van der Waals surface area (Å²) < 4.78 is 0. The molecule has 1 aromatic heterocycles. The lowest BCUT2D eigenvalue weighted by Gasteiger charge is -2.18. The van der Waals surface area contributed by atoms with Crippen molar-refractivity contribution in [3.8, 4) is 0 Å². The lowest BCUT2D eigenvalue weighted by Crippen LogP contribution is -2.25. The minimum absolute atomic E-state index is 0.293. The smallest absolute Gasteiger partial charge is 0.224 e. The minimum Gasteiger partial charge on any atom is -0.370 e. The van der Waals surface area contributed by atoms with Gasteiger partial charge in [-0.15, -0.1) is 0 Å². The van der Waals surface area contributed by atoms with Crippen LogP contribution in [0.2, 0.25) is 5.28 Å². The number of hydrogen-bond donors (Lipinski definition) is 1. The third kappa shape index (κ3) is 4.88. The van der Waals surface area contributed by atoms with Crippen molar-refractivity contribution in [2.45, 2.75) is 27.2 Å². The largest absolute Gasteiger partial charge is 0.370 e. The first-order valence-electron chi connectivity index (χ1n) is 6.12. The van der Waals surface area contributed by atoms with Crippen molar-refractivity contribution in [1.29, 1.82) is 0 Å². The average molecular weight is 257 g/mol. The van der Waals surface area contributed by atoms with Gasteiger partial charge in [0.25, 0.3) is 0 Å². The monoisotopic (exact) mass is 256 g/mol. The van der Waals surface area contributed by atoms with Crippen LogP contribution in [0.3, 0.4) is 0 Å². The molecule has 0 aromatic carbocycles.